The van der Waals surface area contributed by atoms with Crippen LogP contribution in [0.4, 0.5) is 5.69 Å². The quantitative estimate of drug-likeness (QED) is 0.315. The lowest BCUT2D eigenvalue weighted by molar-refractivity contribution is -0.156. The fourth-order valence-corrected chi connectivity index (χ4v) is 1.75. The number of benzene rings is 1. The zero-order valence-electron chi connectivity index (χ0n) is 14.2. The minimum Gasteiger partial charge on any atom is -0.463 e. The molecule has 0 aliphatic heterocycles. The van der Waals surface area contributed by atoms with Crippen LogP contribution < -0.4 is 4.90 Å². The SMILES string of the molecule is CCCCOC(=O)COC(=O)/C(C#N)=C/c1ccc(N(C)C)cc1. The Morgan fingerprint density at radius 2 is 1.88 bits per heavy atom. The molecule has 1 aromatic carbocycles. The highest BCUT2D eigenvalue weighted by molar-refractivity contribution is 5.98. The Bertz CT molecular complexity index is 627. The molecule has 0 saturated heterocycles. The molecule has 0 fully saturated rings. The highest BCUT2D eigenvalue weighted by atomic mass is 16.6. The van der Waals surface area contributed by atoms with Crippen LogP contribution in [0.2, 0.25) is 0 Å². The number of carbonyl (C=O) groups is 2. The molecule has 0 aliphatic rings. The van der Waals surface area contributed by atoms with Gasteiger partial charge >= 0.3 is 11.9 Å². The van der Waals surface area contributed by atoms with E-state index >= 15 is 0 Å². The predicted molar refractivity (Wildman–Crippen MR) is 91.2 cm³/mol. The summed E-state index contributed by atoms with van der Waals surface area (Å²) in [5.74, 6) is -1.47. The summed E-state index contributed by atoms with van der Waals surface area (Å²) in [4.78, 5) is 25.2. The molecule has 0 N–H and O–H groups in total. The molecule has 128 valence electrons. The molecule has 0 atom stereocenters. The highest BCUT2D eigenvalue weighted by Crippen LogP contribution is 2.15. The Hall–Kier alpha value is -2.81. The molecule has 24 heavy (non-hydrogen) atoms. The molecule has 0 saturated carbocycles. The second-order valence-corrected chi connectivity index (χ2v) is 5.31. The third-order valence-corrected chi connectivity index (χ3v) is 3.14. The van der Waals surface area contributed by atoms with E-state index in [1.807, 2.05) is 38.1 Å². The maximum atomic E-state index is 11.9. The molecule has 1 aromatic rings. The van der Waals surface area contributed by atoms with Crippen molar-refractivity contribution in [2.24, 2.45) is 0 Å². The van der Waals surface area contributed by atoms with Crippen LogP contribution in [0, 0.1) is 11.3 Å². The van der Waals surface area contributed by atoms with Crippen LogP contribution in [0.15, 0.2) is 29.8 Å². The second-order valence-electron chi connectivity index (χ2n) is 5.31. The summed E-state index contributed by atoms with van der Waals surface area (Å²) in [6.45, 7) is 1.77. The van der Waals surface area contributed by atoms with E-state index in [9.17, 15) is 9.59 Å². The zero-order chi connectivity index (χ0) is 17.9. The van der Waals surface area contributed by atoms with Gasteiger partial charge in [0.05, 0.1) is 6.61 Å². The summed E-state index contributed by atoms with van der Waals surface area (Å²) >= 11 is 0. The number of nitrogens with zero attached hydrogens (tertiary/aromatic N) is 2. The van der Waals surface area contributed by atoms with Gasteiger partial charge in [0.15, 0.2) is 6.61 Å². The van der Waals surface area contributed by atoms with Gasteiger partial charge in [-0.3, -0.25) is 0 Å². The van der Waals surface area contributed by atoms with Gasteiger partial charge in [-0.25, -0.2) is 9.59 Å². The van der Waals surface area contributed by atoms with Crippen LogP contribution in [-0.4, -0.2) is 39.2 Å². The molecular weight excluding hydrogens is 308 g/mol. The number of unbranched alkanes of at least 4 members (excludes halogenated alkanes) is 1. The molecule has 0 unspecified atom stereocenters. The summed E-state index contributed by atoms with van der Waals surface area (Å²) in [7, 11) is 3.84. The molecule has 0 amide bonds. The van der Waals surface area contributed by atoms with Crippen molar-refractivity contribution in [3.05, 3.63) is 35.4 Å². The molecule has 0 aliphatic carbocycles. The Balaban J connectivity index is 2.63. The summed E-state index contributed by atoms with van der Waals surface area (Å²) in [6.07, 6.45) is 3.08. The van der Waals surface area contributed by atoms with Crippen molar-refractivity contribution in [1.82, 2.24) is 0 Å². The monoisotopic (exact) mass is 330 g/mol. The molecule has 0 radical (unpaired) electrons. The summed E-state index contributed by atoms with van der Waals surface area (Å²) in [5, 5.41) is 9.10. The number of rotatable bonds is 8. The van der Waals surface area contributed by atoms with Crippen molar-refractivity contribution in [2.75, 3.05) is 32.2 Å². The maximum Gasteiger partial charge on any atom is 0.349 e. The maximum absolute atomic E-state index is 11.9. The van der Waals surface area contributed by atoms with Crippen LogP contribution >= 0.6 is 0 Å². The molecule has 1 rings (SSSR count). The minimum atomic E-state index is -0.846. The van der Waals surface area contributed by atoms with E-state index in [0.29, 0.717) is 12.2 Å². The lowest BCUT2D eigenvalue weighted by Crippen LogP contribution is -2.17. The largest absolute Gasteiger partial charge is 0.463 e. The topological polar surface area (TPSA) is 79.6 Å². The molecule has 6 nitrogen and oxygen atoms in total. The standard InChI is InChI=1S/C18H22N2O4/c1-4-5-10-23-17(21)13-24-18(22)15(12-19)11-14-6-8-16(9-7-14)20(2)3/h6-9,11H,4-5,10,13H2,1-3H3/b15-11+. The van der Waals surface area contributed by atoms with Crippen molar-refractivity contribution < 1.29 is 19.1 Å². The Kier molecular flexibility index (Phi) is 8.06. The lowest BCUT2D eigenvalue weighted by Gasteiger charge is -2.11. The van der Waals surface area contributed by atoms with Gasteiger partial charge in [0, 0.05) is 19.8 Å². The predicted octanol–water partition coefficient (Wildman–Crippen LogP) is 2.55. The second kappa shape index (κ2) is 10.1. The third-order valence-electron chi connectivity index (χ3n) is 3.14. The first-order valence-corrected chi connectivity index (χ1v) is 7.69. The Morgan fingerprint density at radius 1 is 1.21 bits per heavy atom. The van der Waals surface area contributed by atoms with E-state index in [1.54, 1.807) is 18.2 Å². The van der Waals surface area contributed by atoms with Crippen LogP contribution in [0.25, 0.3) is 6.08 Å². The molecule has 0 spiro atoms. The molecule has 6 heteroatoms. The van der Waals surface area contributed by atoms with Gasteiger partial charge in [0.2, 0.25) is 0 Å². The van der Waals surface area contributed by atoms with Gasteiger partial charge < -0.3 is 14.4 Å². The summed E-state index contributed by atoms with van der Waals surface area (Å²) in [6, 6.07) is 9.11. The van der Waals surface area contributed by atoms with Gasteiger partial charge in [-0.2, -0.15) is 5.26 Å². The number of hydrogen-bond donors (Lipinski definition) is 0. The molecule has 0 bridgehead atoms. The van der Waals surface area contributed by atoms with Gasteiger partial charge in [0.1, 0.15) is 11.6 Å². The molecule has 0 heterocycles. The van der Waals surface area contributed by atoms with E-state index in [4.69, 9.17) is 14.7 Å². The van der Waals surface area contributed by atoms with E-state index in [2.05, 4.69) is 0 Å². The Morgan fingerprint density at radius 3 is 2.42 bits per heavy atom. The van der Waals surface area contributed by atoms with Gasteiger partial charge in [0.25, 0.3) is 0 Å². The fourth-order valence-electron chi connectivity index (χ4n) is 1.75. The molecule has 0 aromatic heterocycles. The van der Waals surface area contributed by atoms with Crippen molar-refractivity contribution in [3.8, 4) is 6.07 Å². The van der Waals surface area contributed by atoms with Crippen LogP contribution in [0.3, 0.4) is 0 Å². The first-order valence-electron chi connectivity index (χ1n) is 7.69. The Labute approximate surface area is 142 Å². The zero-order valence-corrected chi connectivity index (χ0v) is 14.2. The number of anilines is 1. The lowest BCUT2D eigenvalue weighted by atomic mass is 10.1. The average molecular weight is 330 g/mol. The summed E-state index contributed by atoms with van der Waals surface area (Å²) in [5.41, 5.74) is 1.52. The number of ether oxygens (including phenoxy) is 2. The fraction of sp³-hybridized carbons (Fsp3) is 0.389. The third kappa shape index (κ3) is 6.53. The first kappa shape index (κ1) is 19.2. The number of carbonyl (C=O) groups excluding carboxylic acids is 2. The van der Waals surface area contributed by atoms with E-state index in [0.717, 1.165) is 18.5 Å². The van der Waals surface area contributed by atoms with Crippen molar-refractivity contribution >= 4 is 23.7 Å². The van der Waals surface area contributed by atoms with Crippen LogP contribution in [-0.2, 0) is 19.1 Å². The first-order chi connectivity index (χ1) is 11.5. The smallest absolute Gasteiger partial charge is 0.349 e. The van der Waals surface area contributed by atoms with Crippen molar-refractivity contribution in [3.63, 3.8) is 0 Å². The van der Waals surface area contributed by atoms with Crippen LogP contribution in [0.1, 0.15) is 25.3 Å². The normalized spacial score (nSPS) is 10.7. The number of esters is 2. The van der Waals surface area contributed by atoms with Crippen molar-refractivity contribution in [2.45, 2.75) is 19.8 Å². The number of hydrogen-bond acceptors (Lipinski definition) is 6. The van der Waals surface area contributed by atoms with E-state index in [1.165, 1.54) is 6.08 Å². The molecular formula is C18H22N2O4. The van der Waals surface area contributed by atoms with E-state index in [-0.39, 0.29) is 5.57 Å². The van der Waals surface area contributed by atoms with Gasteiger partial charge in [-0.15, -0.1) is 0 Å². The highest BCUT2D eigenvalue weighted by Gasteiger charge is 2.13. The average Bonchev–Trinajstić information content (AvgIpc) is 2.58. The van der Waals surface area contributed by atoms with Crippen molar-refractivity contribution in [1.29, 1.82) is 5.26 Å². The number of nitriles is 1. The summed E-state index contributed by atoms with van der Waals surface area (Å²) < 4.78 is 9.69. The van der Waals surface area contributed by atoms with Gasteiger partial charge in [-0.1, -0.05) is 25.5 Å². The van der Waals surface area contributed by atoms with E-state index < -0.39 is 18.5 Å². The minimum absolute atomic E-state index is 0.172. The van der Waals surface area contributed by atoms with Crippen LogP contribution in [0.5, 0.6) is 0 Å². The van der Waals surface area contributed by atoms with Gasteiger partial charge in [-0.05, 0) is 30.2 Å².